The zero-order chi connectivity index (χ0) is 30.8. The fourth-order valence-corrected chi connectivity index (χ4v) is 6.32. The van der Waals surface area contributed by atoms with Crippen LogP contribution in [0, 0.1) is 24.5 Å². The van der Waals surface area contributed by atoms with Crippen LogP contribution in [0.2, 0.25) is 0 Å². The van der Waals surface area contributed by atoms with Crippen LogP contribution in [0.4, 0.5) is 14.5 Å². The molecule has 1 unspecified atom stereocenters. The Hall–Kier alpha value is -4.18. The number of likely N-dealkylation sites (tertiary alicyclic amines) is 1. The van der Waals surface area contributed by atoms with Crippen LogP contribution in [-0.2, 0) is 22.4 Å². The first-order valence-corrected chi connectivity index (χ1v) is 14.5. The van der Waals surface area contributed by atoms with E-state index in [1.807, 2.05) is 32.9 Å². The van der Waals surface area contributed by atoms with E-state index in [-0.39, 0.29) is 42.7 Å². The topological polar surface area (TPSA) is 97.3 Å². The normalized spacial score (nSPS) is 19.4. The number of aryl methyl sites for hydroxylation is 3. The third-order valence-corrected chi connectivity index (χ3v) is 8.20. The van der Waals surface area contributed by atoms with Crippen LogP contribution in [0.5, 0.6) is 17.2 Å². The summed E-state index contributed by atoms with van der Waals surface area (Å²) in [6.07, 6.45) is 1.42. The highest BCUT2D eigenvalue weighted by molar-refractivity contribution is 5.94. The Morgan fingerprint density at radius 3 is 2.23 bits per heavy atom. The van der Waals surface area contributed by atoms with Crippen molar-refractivity contribution < 1.29 is 37.7 Å². The number of anilines is 1. The molecule has 228 valence electrons. The van der Waals surface area contributed by atoms with Gasteiger partial charge in [-0.2, -0.15) is 0 Å². The monoisotopic (exact) mass is 594 g/mol. The standard InChI is InChI=1S/C33H36F2N2O6/c1-5-19-10-18(4)11-20(6-2)31(19)36-29(38)16-37-15-24(23-13-27-28(14-26(23)35)43-17-42-27)30(33(39)40)32(37)22-9-8-21(41-7-3)12-25(22)34/h8-14,24,30,32H,5-7,15-17H2,1-4H3,(H,36,38)(H,39,40)/t24-,30?,32+/m1/s1. The second-order valence-corrected chi connectivity index (χ2v) is 10.9. The van der Waals surface area contributed by atoms with E-state index < -0.39 is 35.5 Å². The molecule has 8 nitrogen and oxygen atoms in total. The number of halogens is 2. The van der Waals surface area contributed by atoms with E-state index in [2.05, 4.69) is 5.32 Å². The molecule has 2 N–H and O–H groups in total. The Morgan fingerprint density at radius 1 is 0.977 bits per heavy atom. The Bertz CT molecular complexity index is 1520. The van der Waals surface area contributed by atoms with Gasteiger partial charge in [0.15, 0.2) is 11.5 Å². The van der Waals surface area contributed by atoms with Gasteiger partial charge in [-0.1, -0.05) is 37.6 Å². The van der Waals surface area contributed by atoms with Crippen molar-refractivity contribution in [3.05, 3.63) is 81.9 Å². The zero-order valence-electron chi connectivity index (χ0n) is 24.7. The Kier molecular flexibility index (Phi) is 8.87. The minimum absolute atomic E-state index is 0.00651. The number of hydrogen-bond acceptors (Lipinski definition) is 6. The highest BCUT2D eigenvalue weighted by Crippen LogP contribution is 2.49. The molecule has 0 spiro atoms. The van der Waals surface area contributed by atoms with Gasteiger partial charge in [0, 0.05) is 35.8 Å². The maximum Gasteiger partial charge on any atom is 0.309 e. The van der Waals surface area contributed by atoms with Crippen molar-refractivity contribution in [3.8, 4) is 17.2 Å². The molecule has 0 saturated carbocycles. The van der Waals surface area contributed by atoms with E-state index in [9.17, 15) is 14.7 Å². The molecular weight excluding hydrogens is 558 g/mol. The van der Waals surface area contributed by atoms with E-state index >= 15 is 8.78 Å². The van der Waals surface area contributed by atoms with Crippen LogP contribution >= 0.6 is 0 Å². The van der Waals surface area contributed by atoms with Crippen molar-refractivity contribution >= 4 is 17.6 Å². The molecule has 1 fully saturated rings. The number of ether oxygens (including phenoxy) is 3. The number of carbonyl (C=O) groups excluding carboxylic acids is 1. The molecular formula is C33H36F2N2O6. The Balaban J connectivity index is 1.54. The van der Waals surface area contributed by atoms with Gasteiger partial charge < -0.3 is 24.6 Å². The molecule has 2 aliphatic rings. The van der Waals surface area contributed by atoms with Gasteiger partial charge in [-0.25, -0.2) is 8.78 Å². The van der Waals surface area contributed by atoms with Crippen molar-refractivity contribution in [1.82, 2.24) is 4.90 Å². The number of carboxylic acid groups (broad SMARTS) is 1. The molecule has 0 aliphatic carbocycles. The second-order valence-electron chi connectivity index (χ2n) is 10.9. The lowest BCUT2D eigenvalue weighted by Crippen LogP contribution is -2.36. The summed E-state index contributed by atoms with van der Waals surface area (Å²) in [6, 6.07) is 9.87. The quantitative estimate of drug-likeness (QED) is 0.297. The molecule has 1 amide bonds. The number of hydrogen-bond donors (Lipinski definition) is 2. The second kappa shape index (κ2) is 12.6. The summed E-state index contributed by atoms with van der Waals surface area (Å²) in [5.74, 6) is -4.28. The van der Waals surface area contributed by atoms with Crippen molar-refractivity contribution in [2.24, 2.45) is 5.92 Å². The third-order valence-electron chi connectivity index (χ3n) is 8.20. The molecule has 1 saturated heterocycles. The third kappa shape index (κ3) is 6.01. The van der Waals surface area contributed by atoms with Gasteiger partial charge in [-0.3, -0.25) is 14.5 Å². The fourth-order valence-electron chi connectivity index (χ4n) is 6.32. The molecule has 3 atom stereocenters. The molecule has 2 heterocycles. The van der Waals surface area contributed by atoms with Crippen LogP contribution in [0.1, 0.15) is 60.5 Å². The number of nitrogens with one attached hydrogen (secondary N) is 1. The fraction of sp³-hybridized carbons (Fsp3) is 0.394. The highest BCUT2D eigenvalue weighted by atomic mass is 19.1. The first-order chi connectivity index (χ1) is 20.6. The molecule has 0 bridgehead atoms. The van der Waals surface area contributed by atoms with Gasteiger partial charge in [-0.05, 0) is 55.5 Å². The first kappa shape index (κ1) is 30.3. The summed E-state index contributed by atoms with van der Waals surface area (Å²) in [6.45, 7) is 7.82. The minimum Gasteiger partial charge on any atom is -0.494 e. The molecule has 0 radical (unpaired) electrons. The van der Waals surface area contributed by atoms with Crippen LogP contribution in [0.25, 0.3) is 0 Å². The van der Waals surface area contributed by atoms with Crippen molar-refractivity contribution in [3.63, 3.8) is 0 Å². The predicted molar refractivity (Wildman–Crippen MR) is 157 cm³/mol. The molecule has 3 aromatic rings. The number of carbonyl (C=O) groups is 2. The number of rotatable bonds is 10. The number of benzene rings is 3. The number of fused-ring (bicyclic) bond motifs is 1. The van der Waals surface area contributed by atoms with Gasteiger partial charge in [0.1, 0.15) is 17.4 Å². The summed E-state index contributed by atoms with van der Waals surface area (Å²) in [5, 5.41) is 13.5. The SMILES string of the molecule is CCOc1ccc([C@H]2C(C(=O)O)[C@@H](c3cc4c(cc3F)OCO4)CN2CC(=O)Nc2c(CC)cc(C)cc2CC)c(F)c1. The number of amides is 1. The van der Waals surface area contributed by atoms with Gasteiger partial charge in [0.25, 0.3) is 0 Å². The smallest absolute Gasteiger partial charge is 0.309 e. The van der Waals surface area contributed by atoms with E-state index in [1.165, 1.54) is 24.3 Å². The maximum absolute atomic E-state index is 15.6. The van der Waals surface area contributed by atoms with Crippen LogP contribution in [-0.4, -0.2) is 48.4 Å². The molecule has 10 heteroatoms. The lowest BCUT2D eigenvalue weighted by atomic mass is 9.82. The summed E-state index contributed by atoms with van der Waals surface area (Å²) in [7, 11) is 0. The average molecular weight is 595 g/mol. The molecule has 43 heavy (non-hydrogen) atoms. The van der Waals surface area contributed by atoms with Crippen LogP contribution in [0.15, 0.2) is 42.5 Å². The zero-order valence-corrected chi connectivity index (χ0v) is 24.7. The lowest BCUT2D eigenvalue weighted by molar-refractivity contribution is -0.143. The van der Waals surface area contributed by atoms with E-state index in [1.54, 1.807) is 17.9 Å². The minimum atomic E-state index is -1.27. The molecule has 0 aromatic heterocycles. The highest BCUT2D eigenvalue weighted by Gasteiger charge is 2.49. The van der Waals surface area contributed by atoms with Gasteiger partial charge in [0.05, 0.1) is 25.1 Å². The van der Waals surface area contributed by atoms with E-state index in [0.29, 0.717) is 30.9 Å². The average Bonchev–Trinajstić information content (AvgIpc) is 3.57. The first-order valence-electron chi connectivity index (χ1n) is 14.5. The number of carboxylic acids is 1. The molecule has 2 aliphatic heterocycles. The lowest BCUT2D eigenvalue weighted by Gasteiger charge is -2.27. The summed E-state index contributed by atoms with van der Waals surface area (Å²) in [4.78, 5) is 28.1. The summed E-state index contributed by atoms with van der Waals surface area (Å²) in [5.41, 5.74) is 4.00. The largest absolute Gasteiger partial charge is 0.494 e. The van der Waals surface area contributed by atoms with Crippen LogP contribution in [0.3, 0.4) is 0 Å². The van der Waals surface area contributed by atoms with Crippen molar-refractivity contribution in [1.29, 1.82) is 0 Å². The molecule has 3 aromatic carbocycles. The number of aliphatic carboxylic acids is 1. The summed E-state index contributed by atoms with van der Waals surface area (Å²) >= 11 is 0. The van der Waals surface area contributed by atoms with Gasteiger partial charge in [0.2, 0.25) is 12.7 Å². The van der Waals surface area contributed by atoms with E-state index in [0.717, 1.165) is 22.4 Å². The molecule has 5 rings (SSSR count). The number of nitrogens with zero attached hydrogens (tertiary/aromatic N) is 1. The van der Waals surface area contributed by atoms with Crippen molar-refractivity contribution in [2.75, 3.05) is 31.8 Å². The van der Waals surface area contributed by atoms with Crippen molar-refractivity contribution in [2.45, 2.75) is 52.5 Å². The van der Waals surface area contributed by atoms with Gasteiger partial charge >= 0.3 is 5.97 Å². The predicted octanol–water partition coefficient (Wildman–Crippen LogP) is 6.01. The maximum atomic E-state index is 15.6. The van der Waals surface area contributed by atoms with Crippen LogP contribution < -0.4 is 19.5 Å². The summed E-state index contributed by atoms with van der Waals surface area (Å²) < 4.78 is 47.2. The van der Waals surface area contributed by atoms with E-state index in [4.69, 9.17) is 14.2 Å². The Labute approximate surface area is 249 Å². The van der Waals surface area contributed by atoms with Gasteiger partial charge in [-0.15, -0.1) is 0 Å². The Morgan fingerprint density at radius 2 is 1.63 bits per heavy atom.